The fourth-order valence-corrected chi connectivity index (χ4v) is 1.77. The molecule has 4 heteroatoms. The molecule has 94 valence electrons. The Balaban J connectivity index is 2.47. The molecular formula is C14H16N2O2. The van der Waals surface area contributed by atoms with E-state index in [0.29, 0.717) is 5.56 Å². The Kier molecular flexibility index (Phi) is 2.95. The van der Waals surface area contributed by atoms with Crippen LogP contribution in [0.15, 0.2) is 40.1 Å². The smallest absolute Gasteiger partial charge is 0.313 e. The first-order valence-corrected chi connectivity index (χ1v) is 5.81. The summed E-state index contributed by atoms with van der Waals surface area (Å²) >= 11 is 0. The van der Waals surface area contributed by atoms with Crippen LogP contribution in [-0.2, 0) is 5.41 Å². The van der Waals surface area contributed by atoms with E-state index in [1.54, 1.807) is 0 Å². The molecule has 0 unspecified atom stereocenters. The van der Waals surface area contributed by atoms with E-state index in [-0.39, 0.29) is 11.0 Å². The highest BCUT2D eigenvalue weighted by Gasteiger charge is 2.13. The Morgan fingerprint density at radius 1 is 1.00 bits per heavy atom. The number of hydrogen-bond acceptors (Lipinski definition) is 2. The van der Waals surface area contributed by atoms with Crippen LogP contribution in [0.3, 0.4) is 0 Å². The number of nitrogens with one attached hydrogen (secondary N) is 2. The number of hydrogen-bond donors (Lipinski definition) is 2. The van der Waals surface area contributed by atoms with Gasteiger partial charge >= 0.3 is 5.69 Å². The zero-order valence-corrected chi connectivity index (χ0v) is 10.7. The first-order valence-electron chi connectivity index (χ1n) is 5.81. The van der Waals surface area contributed by atoms with Crippen molar-refractivity contribution in [1.29, 1.82) is 0 Å². The minimum atomic E-state index is -0.491. The van der Waals surface area contributed by atoms with Crippen LogP contribution >= 0.6 is 0 Å². The standard InChI is InChI=1S/C14H16N2O2/c1-14(2,3)10-6-4-9(5-7-10)11-8-15-13(18)16-12(11)17/h4-8H,1-3H3,(H2,15,16,17,18). The molecule has 0 saturated carbocycles. The summed E-state index contributed by atoms with van der Waals surface area (Å²) in [5, 5.41) is 0. The van der Waals surface area contributed by atoms with Gasteiger partial charge in [0.1, 0.15) is 0 Å². The maximum atomic E-state index is 11.6. The molecule has 0 amide bonds. The fraction of sp³-hybridized carbons (Fsp3) is 0.286. The number of rotatable bonds is 1. The van der Waals surface area contributed by atoms with Gasteiger partial charge in [-0.05, 0) is 16.5 Å². The molecule has 18 heavy (non-hydrogen) atoms. The van der Waals surface area contributed by atoms with Gasteiger partial charge in [-0.3, -0.25) is 9.78 Å². The van der Waals surface area contributed by atoms with Gasteiger partial charge in [-0.1, -0.05) is 45.0 Å². The van der Waals surface area contributed by atoms with Gasteiger partial charge in [-0.15, -0.1) is 0 Å². The molecule has 0 radical (unpaired) electrons. The lowest BCUT2D eigenvalue weighted by molar-refractivity contribution is 0.590. The van der Waals surface area contributed by atoms with Gasteiger partial charge in [-0.2, -0.15) is 0 Å². The Morgan fingerprint density at radius 2 is 1.61 bits per heavy atom. The van der Waals surface area contributed by atoms with Crippen LogP contribution in [0.2, 0.25) is 0 Å². The van der Waals surface area contributed by atoms with Crippen LogP contribution < -0.4 is 11.2 Å². The summed E-state index contributed by atoms with van der Waals surface area (Å²) in [5.41, 5.74) is 1.68. The fourth-order valence-electron chi connectivity index (χ4n) is 1.77. The Hall–Kier alpha value is -2.10. The van der Waals surface area contributed by atoms with Crippen LogP contribution in [0.4, 0.5) is 0 Å². The molecule has 0 spiro atoms. The maximum absolute atomic E-state index is 11.6. The molecule has 0 bridgehead atoms. The summed E-state index contributed by atoms with van der Waals surface area (Å²) in [5.74, 6) is 0. The third-order valence-electron chi connectivity index (χ3n) is 2.88. The van der Waals surface area contributed by atoms with Gasteiger partial charge in [0.05, 0.1) is 5.56 Å². The van der Waals surface area contributed by atoms with Gasteiger partial charge in [0.15, 0.2) is 0 Å². The van der Waals surface area contributed by atoms with Crippen molar-refractivity contribution in [2.24, 2.45) is 0 Å². The van der Waals surface area contributed by atoms with Crippen LogP contribution in [0.25, 0.3) is 11.1 Å². The molecule has 0 aliphatic rings. The second kappa shape index (κ2) is 4.29. The van der Waals surface area contributed by atoms with Crippen LogP contribution in [0.1, 0.15) is 26.3 Å². The first kappa shape index (κ1) is 12.4. The lowest BCUT2D eigenvalue weighted by atomic mass is 9.86. The van der Waals surface area contributed by atoms with Crippen molar-refractivity contribution in [3.63, 3.8) is 0 Å². The van der Waals surface area contributed by atoms with Crippen molar-refractivity contribution in [2.75, 3.05) is 0 Å². The average Bonchev–Trinajstić information content (AvgIpc) is 2.28. The summed E-state index contributed by atoms with van der Waals surface area (Å²) < 4.78 is 0. The van der Waals surface area contributed by atoms with Gasteiger partial charge in [0, 0.05) is 6.20 Å². The number of aromatic amines is 2. The highest BCUT2D eigenvalue weighted by Crippen LogP contribution is 2.24. The lowest BCUT2D eigenvalue weighted by Crippen LogP contribution is -2.22. The molecule has 1 aromatic carbocycles. The summed E-state index contributed by atoms with van der Waals surface area (Å²) in [4.78, 5) is 27.3. The van der Waals surface area contributed by atoms with E-state index in [4.69, 9.17) is 0 Å². The second-order valence-corrected chi connectivity index (χ2v) is 5.31. The zero-order chi connectivity index (χ0) is 13.3. The SMILES string of the molecule is CC(C)(C)c1ccc(-c2c[nH]c(=O)[nH]c2=O)cc1. The molecule has 1 heterocycles. The molecule has 0 saturated heterocycles. The Bertz CT molecular complexity index is 658. The lowest BCUT2D eigenvalue weighted by Gasteiger charge is -2.19. The van der Waals surface area contributed by atoms with Crippen molar-refractivity contribution in [3.05, 3.63) is 56.9 Å². The molecule has 2 N–H and O–H groups in total. The Morgan fingerprint density at radius 3 is 2.11 bits per heavy atom. The van der Waals surface area contributed by atoms with E-state index in [2.05, 4.69) is 30.7 Å². The minimum Gasteiger partial charge on any atom is -0.313 e. The molecule has 0 atom stereocenters. The molecule has 2 aromatic rings. The summed E-state index contributed by atoms with van der Waals surface area (Å²) in [6, 6.07) is 7.78. The second-order valence-electron chi connectivity index (χ2n) is 5.31. The summed E-state index contributed by atoms with van der Waals surface area (Å²) in [7, 11) is 0. The third kappa shape index (κ3) is 2.42. The largest absolute Gasteiger partial charge is 0.325 e. The molecule has 0 aliphatic heterocycles. The van der Waals surface area contributed by atoms with Crippen molar-refractivity contribution in [2.45, 2.75) is 26.2 Å². The van der Waals surface area contributed by atoms with Crippen LogP contribution in [-0.4, -0.2) is 9.97 Å². The van der Waals surface area contributed by atoms with E-state index in [0.717, 1.165) is 5.56 Å². The minimum absolute atomic E-state index is 0.0793. The van der Waals surface area contributed by atoms with E-state index in [1.165, 1.54) is 11.8 Å². The molecule has 0 fully saturated rings. The molecule has 1 aromatic heterocycles. The quantitative estimate of drug-likeness (QED) is 0.806. The molecule has 4 nitrogen and oxygen atoms in total. The molecule has 0 aliphatic carbocycles. The Labute approximate surface area is 105 Å². The van der Waals surface area contributed by atoms with Gasteiger partial charge < -0.3 is 4.98 Å². The number of H-pyrrole nitrogens is 2. The van der Waals surface area contributed by atoms with Gasteiger partial charge in [0.2, 0.25) is 0 Å². The third-order valence-corrected chi connectivity index (χ3v) is 2.88. The predicted octanol–water partition coefficient (Wildman–Crippen LogP) is 2.03. The zero-order valence-electron chi connectivity index (χ0n) is 10.7. The number of aromatic nitrogens is 2. The van der Waals surface area contributed by atoms with Crippen molar-refractivity contribution in [1.82, 2.24) is 9.97 Å². The highest BCUT2D eigenvalue weighted by molar-refractivity contribution is 5.61. The highest BCUT2D eigenvalue weighted by atomic mass is 16.2. The van der Waals surface area contributed by atoms with E-state index in [1.807, 2.05) is 24.3 Å². The molecular weight excluding hydrogens is 228 g/mol. The van der Waals surface area contributed by atoms with Crippen LogP contribution in [0.5, 0.6) is 0 Å². The molecule has 2 rings (SSSR count). The van der Waals surface area contributed by atoms with Crippen molar-refractivity contribution >= 4 is 0 Å². The normalized spacial score (nSPS) is 11.5. The predicted molar refractivity (Wildman–Crippen MR) is 71.8 cm³/mol. The van der Waals surface area contributed by atoms with Gasteiger partial charge in [0.25, 0.3) is 5.56 Å². The van der Waals surface area contributed by atoms with E-state index in [9.17, 15) is 9.59 Å². The maximum Gasteiger partial charge on any atom is 0.325 e. The summed E-state index contributed by atoms with van der Waals surface area (Å²) in [6.45, 7) is 6.40. The van der Waals surface area contributed by atoms with E-state index < -0.39 is 5.69 Å². The average molecular weight is 244 g/mol. The monoisotopic (exact) mass is 244 g/mol. The number of benzene rings is 1. The van der Waals surface area contributed by atoms with Gasteiger partial charge in [-0.25, -0.2) is 4.79 Å². The van der Waals surface area contributed by atoms with Crippen LogP contribution in [0, 0.1) is 0 Å². The van der Waals surface area contributed by atoms with Crippen molar-refractivity contribution in [3.8, 4) is 11.1 Å². The summed E-state index contributed by atoms with van der Waals surface area (Å²) in [6.07, 6.45) is 1.44. The van der Waals surface area contributed by atoms with Crippen molar-refractivity contribution < 1.29 is 0 Å². The first-order chi connectivity index (χ1) is 8.38. The topological polar surface area (TPSA) is 65.7 Å². The van der Waals surface area contributed by atoms with E-state index >= 15 is 0 Å².